The Bertz CT molecular complexity index is 900. The maximum atomic E-state index is 12.4. The Kier molecular flexibility index (Phi) is 9.74. The van der Waals surface area contributed by atoms with Crippen LogP contribution in [0, 0.1) is 0 Å². The van der Waals surface area contributed by atoms with E-state index >= 15 is 0 Å². The quantitative estimate of drug-likeness (QED) is 0.523. The number of ether oxygens (including phenoxy) is 3. The molecule has 0 radical (unpaired) electrons. The molecule has 1 heterocycles. The number of amides is 1. The van der Waals surface area contributed by atoms with E-state index in [1.165, 1.54) is 0 Å². The number of carbonyl (C=O) groups is 1. The fourth-order valence-electron chi connectivity index (χ4n) is 3.68. The molecule has 6 nitrogen and oxygen atoms in total. The molecule has 1 aliphatic heterocycles. The highest BCUT2D eigenvalue weighted by atomic mass is 19.4. The third-order valence-electron chi connectivity index (χ3n) is 5.63. The summed E-state index contributed by atoms with van der Waals surface area (Å²) in [6, 6.07) is 14.4. The number of alkyl halides is 3. The molecular formula is C25H31F3N2O4. The second-order valence-corrected chi connectivity index (χ2v) is 8.31. The second kappa shape index (κ2) is 12.7. The monoisotopic (exact) mass is 480 g/mol. The van der Waals surface area contributed by atoms with Crippen molar-refractivity contribution in [2.75, 3.05) is 40.0 Å². The molecule has 1 aliphatic rings. The van der Waals surface area contributed by atoms with Gasteiger partial charge in [-0.1, -0.05) is 24.3 Å². The Morgan fingerprint density at radius 3 is 2.56 bits per heavy atom. The molecule has 2 aromatic rings. The van der Waals surface area contributed by atoms with Crippen LogP contribution in [0.2, 0.25) is 0 Å². The predicted molar refractivity (Wildman–Crippen MR) is 122 cm³/mol. The highest BCUT2D eigenvalue weighted by Crippen LogP contribution is 2.17. The van der Waals surface area contributed by atoms with Crippen LogP contribution < -0.4 is 10.1 Å². The molecule has 0 unspecified atom stereocenters. The van der Waals surface area contributed by atoms with Crippen molar-refractivity contribution in [3.63, 3.8) is 0 Å². The van der Waals surface area contributed by atoms with E-state index in [4.69, 9.17) is 9.47 Å². The first-order chi connectivity index (χ1) is 16.3. The zero-order valence-electron chi connectivity index (χ0n) is 19.3. The van der Waals surface area contributed by atoms with Crippen molar-refractivity contribution in [2.45, 2.75) is 38.2 Å². The molecule has 0 spiro atoms. The molecule has 3 rings (SSSR count). The van der Waals surface area contributed by atoms with E-state index in [2.05, 4.69) is 22.0 Å². The van der Waals surface area contributed by atoms with Gasteiger partial charge in [-0.2, -0.15) is 13.2 Å². The number of benzene rings is 2. The van der Waals surface area contributed by atoms with Crippen LogP contribution in [-0.4, -0.2) is 63.0 Å². The first-order valence-corrected chi connectivity index (χ1v) is 11.3. The maximum Gasteiger partial charge on any atom is 0.411 e. The number of hydrogen-bond acceptors (Lipinski definition) is 5. The zero-order chi connectivity index (χ0) is 24.4. The van der Waals surface area contributed by atoms with Gasteiger partial charge in [0.05, 0.1) is 6.61 Å². The van der Waals surface area contributed by atoms with Crippen molar-refractivity contribution >= 4 is 5.91 Å². The molecule has 0 atom stereocenters. The average molecular weight is 481 g/mol. The molecule has 0 aliphatic carbocycles. The third-order valence-corrected chi connectivity index (χ3v) is 5.63. The van der Waals surface area contributed by atoms with Gasteiger partial charge in [0.25, 0.3) is 5.91 Å². The molecule has 1 amide bonds. The van der Waals surface area contributed by atoms with Gasteiger partial charge in [-0.25, -0.2) is 0 Å². The lowest BCUT2D eigenvalue weighted by molar-refractivity contribution is -0.176. The van der Waals surface area contributed by atoms with E-state index in [0.717, 1.165) is 43.9 Å². The lowest BCUT2D eigenvalue weighted by atomic mass is 10.1. The van der Waals surface area contributed by atoms with E-state index in [1.54, 1.807) is 24.3 Å². The Labute approximate surface area is 198 Å². The van der Waals surface area contributed by atoms with Crippen LogP contribution in [0.4, 0.5) is 13.2 Å². The summed E-state index contributed by atoms with van der Waals surface area (Å²) < 4.78 is 52.4. The van der Waals surface area contributed by atoms with Crippen molar-refractivity contribution in [2.24, 2.45) is 0 Å². The number of hydrogen-bond donors (Lipinski definition) is 1. The molecule has 2 aromatic carbocycles. The van der Waals surface area contributed by atoms with Gasteiger partial charge in [-0.05, 0) is 55.3 Å². The molecular weight excluding hydrogens is 449 g/mol. The van der Waals surface area contributed by atoms with Crippen LogP contribution in [0.15, 0.2) is 48.5 Å². The maximum absolute atomic E-state index is 12.4. The summed E-state index contributed by atoms with van der Waals surface area (Å²) in [5, 5.41) is 2.85. The molecule has 34 heavy (non-hydrogen) atoms. The number of likely N-dealkylation sites (N-methyl/N-ethyl adjacent to an activating group) is 1. The highest BCUT2D eigenvalue weighted by molar-refractivity contribution is 5.94. The SMILES string of the molecule is CN(CCOc1cccc(CNC(=O)c2ccc(COCC(F)(F)F)cc2)c1)C1CCOCC1. The topological polar surface area (TPSA) is 60.0 Å². The molecule has 1 N–H and O–H groups in total. The van der Waals surface area contributed by atoms with Crippen molar-refractivity contribution in [1.82, 2.24) is 10.2 Å². The number of nitrogens with one attached hydrogen (secondary N) is 1. The van der Waals surface area contributed by atoms with Crippen molar-refractivity contribution in [3.8, 4) is 5.75 Å². The standard InChI is InChI=1S/C25H31F3N2O4/c1-30(22-9-12-32-13-10-22)11-14-34-23-4-2-3-20(15-23)16-29-24(31)21-7-5-19(6-8-21)17-33-18-25(26,27)28/h2-8,15,22H,9-14,16-18H2,1H3,(H,29,31). The van der Waals surface area contributed by atoms with Gasteiger partial charge in [-0.15, -0.1) is 0 Å². The Balaban J connectivity index is 1.41. The molecule has 9 heteroatoms. The summed E-state index contributed by atoms with van der Waals surface area (Å²) in [7, 11) is 2.10. The van der Waals surface area contributed by atoms with Crippen LogP contribution in [0.5, 0.6) is 5.75 Å². The van der Waals surface area contributed by atoms with Crippen molar-refractivity contribution in [3.05, 3.63) is 65.2 Å². The first-order valence-electron chi connectivity index (χ1n) is 11.3. The van der Waals surface area contributed by atoms with Crippen molar-refractivity contribution < 1.29 is 32.2 Å². The van der Waals surface area contributed by atoms with Crippen LogP contribution in [-0.2, 0) is 22.6 Å². The van der Waals surface area contributed by atoms with E-state index in [1.807, 2.05) is 24.3 Å². The number of nitrogens with zero attached hydrogens (tertiary/aromatic N) is 1. The van der Waals surface area contributed by atoms with E-state index in [0.29, 0.717) is 30.3 Å². The van der Waals surface area contributed by atoms with Gasteiger partial charge in [0, 0.05) is 37.9 Å². The summed E-state index contributed by atoms with van der Waals surface area (Å²) in [6.07, 6.45) is -2.27. The Morgan fingerprint density at radius 1 is 1.12 bits per heavy atom. The summed E-state index contributed by atoms with van der Waals surface area (Å²) in [4.78, 5) is 14.7. The number of rotatable bonds is 11. The second-order valence-electron chi connectivity index (χ2n) is 8.31. The van der Waals surface area contributed by atoms with Crippen LogP contribution in [0.3, 0.4) is 0 Å². The van der Waals surface area contributed by atoms with Gasteiger partial charge in [0.2, 0.25) is 0 Å². The predicted octanol–water partition coefficient (Wildman–Crippen LogP) is 4.19. The summed E-state index contributed by atoms with van der Waals surface area (Å²) in [6.45, 7) is 1.87. The molecule has 0 bridgehead atoms. The highest BCUT2D eigenvalue weighted by Gasteiger charge is 2.27. The van der Waals surface area contributed by atoms with Crippen LogP contribution in [0.25, 0.3) is 0 Å². The minimum atomic E-state index is -4.36. The van der Waals surface area contributed by atoms with Crippen molar-refractivity contribution in [1.29, 1.82) is 0 Å². The molecule has 0 aromatic heterocycles. The fraction of sp³-hybridized carbons (Fsp3) is 0.480. The van der Waals surface area contributed by atoms with Gasteiger partial charge in [0.1, 0.15) is 19.0 Å². The van der Waals surface area contributed by atoms with E-state index < -0.39 is 12.8 Å². The van der Waals surface area contributed by atoms with Crippen LogP contribution >= 0.6 is 0 Å². The van der Waals surface area contributed by atoms with E-state index in [9.17, 15) is 18.0 Å². The zero-order valence-corrected chi connectivity index (χ0v) is 19.3. The smallest absolute Gasteiger partial charge is 0.411 e. The average Bonchev–Trinajstić information content (AvgIpc) is 2.83. The summed E-state index contributed by atoms with van der Waals surface area (Å²) in [5.41, 5.74) is 1.89. The Hall–Kier alpha value is -2.62. The lowest BCUT2D eigenvalue weighted by Gasteiger charge is -2.31. The third kappa shape index (κ3) is 8.96. The molecule has 0 saturated carbocycles. The van der Waals surface area contributed by atoms with Gasteiger partial charge < -0.3 is 19.5 Å². The number of halogens is 3. The molecule has 186 valence electrons. The van der Waals surface area contributed by atoms with Gasteiger partial charge >= 0.3 is 6.18 Å². The lowest BCUT2D eigenvalue weighted by Crippen LogP contribution is -2.38. The summed E-state index contributed by atoms with van der Waals surface area (Å²) in [5.74, 6) is 0.475. The minimum Gasteiger partial charge on any atom is -0.492 e. The van der Waals surface area contributed by atoms with Gasteiger partial charge in [-0.3, -0.25) is 9.69 Å². The van der Waals surface area contributed by atoms with E-state index in [-0.39, 0.29) is 12.5 Å². The van der Waals surface area contributed by atoms with Crippen LogP contribution in [0.1, 0.15) is 34.3 Å². The Morgan fingerprint density at radius 2 is 1.85 bits per heavy atom. The molecule has 1 saturated heterocycles. The summed E-state index contributed by atoms with van der Waals surface area (Å²) >= 11 is 0. The fourth-order valence-corrected chi connectivity index (χ4v) is 3.68. The number of carbonyl (C=O) groups excluding carboxylic acids is 1. The molecule has 1 fully saturated rings. The van der Waals surface area contributed by atoms with Gasteiger partial charge in [0.15, 0.2) is 0 Å². The first kappa shape index (κ1) is 26.0. The largest absolute Gasteiger partial charge is 0.492 e. The normalized spacial score (nSPS) is 14.9. The minimum absolute atomic E-state index is 0.168.